The van der Waals surface area contributed by atoms with Crippen LogP contribution in [-0.2, 0) is 0 Å². The van der Waals surface area contributed by atoms with E-state index in [4.69, 9.17) is 0 Å². The maximum Gasteiger partial charge on any atom is 0.0124 e. The van der Waals surface area contributed by atoms with Gasteiger partial charge in [-0.05, 0) is 78.4 Å². The van der Waals surface area contributed by atoms with E-state index >= 15 is 0 Å². The lowest BCUT2D eigenvalue weighted by molar-refractivity contribution is 0.187. The molecule has 106 valence electrons. The SMILES string of the molecule is CC(C)(C)NCCCN1CCCC1C1CCCC1. The Kier molecular flexibility index (Phi) is 5.08. The monoisotopic (exact) mass is 252 g/mol. The summed E-state index contributed by atoms with van der Waals surface area (Å²) in [5.41, 5.74) is 0.274. The van der Waals surface area contributed by atoms with Crippen LogP contribution in [0.3, 0.4) is 0 Å². The Morgan fingerprint density at radius 1 is 1.06 bits per heavy atom. The fraction of sp³-hybridized carbons (Fsp3) is 1.00. The highest BCUT2D eigenvalue weighted by atomic mass is 15.2. The van der Waals surface area contributed by atoms with Crippen molar-refractivity contribution in [2.75, 3.05) is 19.6 Å². The molecule has 1 aliphatic carbocycles. The topological polar surface area (TPSA) is 15.3 Å². The summed E-state index contributed by atoms with van der Waals surface area (Å²) >= 11 is 0. The smallest absolute Gasteiger partial charge is 0.0124 e. The van der Waals surface area contributed by atoms with Gasteiger partial charge in [0.1, 0.15) is 0 Å². The third kappa shape index (κ3) is 4.24. The molecule has 1 saturated heterocycles. The first-order valence-electron chi connectivity index (χ1n) is 8.05. The molecule has 0 spiro atoms. The second kappa shape index (κ2) is 6.38. The number of rotatable bonds is 5. The van der Waals surface area contributed by atoms with Crippen molar-refractivity contribution in [3.05, 3.63) is 0 Å². The van der Waals surface area contributed by atoms with Crippen molar-refractivity contribution in [3.63, 3.8) is 0 Å². The molecule has 1 atom stereocenters. The van der Waals surface area contributed by atoms with Crippen molar-refractivity contribution in [1.29, 1.82) is 0 Å². The summed E-state index contributed by atoms with van der Waals surface area (Å²) in [6.45, 7) is 10.6. The van der Waals surface area contributed by atoms with E-state index in [0.29, 0.717) is 0 Å². The van der Waals surface area contributed by atoms with Crippen molar-refractivity contribution >= 4 is 0 Å². The second-order valence-corrected chi connectivity index (χ2v) is 7.32. The third-order valence-corrected chi connectivity index (χ3v) is 4.64. The van der Waals surface area contributed by atoms with E-state index in [9.17, 15) is 0 Å². The standard InChI is InChI=1S/C16H32N2/c1-16(2,3)17-11-7-13-18-12-6-10-15(18)14-8-4-5-9-14/h14-15,17H,4-13H2,1-3H3. The van der Waals surface area contributed by atoms with Gasteiger partial charge in [0.25, 0.3) is 0 Å². The van der Waals surface area contributed by atoms with Crippen LogP contribution in [0.1, 0.15) is 65.7 Å². The second-order valence-electron chi connectivity index (χ2n) is 7.32. The molecule has 0 aromatic heterocycles. The van der Waals surface area contributed by atoms with Gasteiger partial charge in [0.2, 0.25) is 0 Å². The number of nitrogens with zero attached hydrogens (tertiary/aromatic N) is 1. The predicted molar refractivity (Wildman–Crippen MR) is 78.9 cm³/mol. The first-order chi connectivity index (χ1) is 8.56. The molecule has 0 aromatic carbocycles. The fourth-order valence-corrected chi connectivity index (χ4v) is 3.75. The van der Waals surface area contributed by atoms with Gasteiger partial charge in [-0.3, -0.25) is 0 Å². The Balaban J connectivity index is 1.68. The zero-order valence-corrected chi connectivity index (χ0v) is 12.7. The summed E-state index contributed by atoms with van der Waals surface area (Å²) in [6, 6.07) is 0.933. The largest absolute Gasteiger partial charge is 0.312 e. The summed E-state index contributed by atoms with van der Waals surface area (Å²) in [6.07, 6.45) is 10.2. The molecule has 2 rings (SSSR count). The molecule has 2 heteroatoms. The van der Waals surface area contributed by atoms with Gasteiger partial charge >= 0.3 is 0 Å². The minimum Gasteiger partial charge on any atom is -0.312 e. The van der Waals surface area contributed by atoms with E-state index in [1.54, 1.807) is 0 Å². The Morgan fingerprint density at radius 2 is 1.78 bits per heavy atom. The van der Waals surface area contributed by atoms with E-state index < -0.39 is 0 Å². The molecule has 1 saturated carbocycles. The number of hydrogen-bond donors (Lipinski definition) is 1. The molecule has 1 N–H and O–H groups in total. The minimum atomic E-state index is 0.274. The Hall–Kier alpha value is -0.0800. The van der Waals surface area contributed by atoms with E-state index in [1.165, 1.54) is 58.0 Å². The van der Waals surface area contributed by atoms with Crippen molar-refractivity contribution in [2.24, 2.45) is 5.92 Å². The normalized spacial score (nSPS) is 27.2. The highest BCUT2D eigenvalue weighted by Gasteiger charge is 2.32. The van der Waals surface area contributed by atoms with Gasteiger partial charge in [-0.1, -0.05) is 12.8 Å². The molecular formula is C16H32N2. The van der Waals surface area contributed by atoms with E-state index in [1.807, 2.05) is 0 Å². The number of hydrogen-bond acceptors (Lipinski definition) is 2. The summed E-state index contributed by atoms with van der Waals surface area (Å²) in [5, 5.41) is 3.60. The summed E-state index contributed by atoms with van der Waals surface area (Å²) < 4.78 is 0. The highest BCUT2D eigenvalue weighted by molar-refractivity contribution is 4.87. The predicted octanol–water partition coefficient (Wildman–Crippen LogP) is 3.42. The maximum atomic E-state index is 3.60. The van der Waals surface area contributed by atoms with Crippen LogP contribution in [-0.4, -0.2) is 36.1 Å². The van der Waals surface area contributed by atoms with Crippen molar-refractivity contribution in [2.45, 2.75) is 77.3 Å². The quantitative estimate of drug-likeness (QED) is 0.754. The molecule has 1 unspecified atom stereocenters. The van der Waals surface area contributed by atoms with Crippen LogP contribution in [0, 0.1) is 5.92 Å². The fourth-order valence-electron chi connectivity index (χ4n) is 3.75. The number of nitrogens with one attached hydrogen (secondary N) is 1. The zero-order valence-electron chi connectivity index (χ0n) is 12.7. The molecule has 1 heterocycles. The van der Waals surface area contributed by atoms with Crippen molar-refractivity contribution < 1.29 is 0 Å². The Morgan fingerprint density at radius 3 is 2.44 bits per heavy atom. The van der Waals surface area contributed by atoms with Crippen LogP contribution in [0.2, 0.25) is 0 Å². The van der Waals surface area contributed by atoms with Gasteiger partial charge in [-0.2, -0.15) is 0 Å². The molecular weight excluding hydrogens is 220 g/mol. The van der Waals surface area contributed by atoms with Crippen LogP contribution in [0.25, 0.3) is 0 Å². The van der Waals surface area contributed by atoms with Gasteiger partial charge < -0.3 is 10.2 Å². The molecule has 2 aliphatic rings. The zero-order chi connectivity index (χ0) is 13.0. The lowest BCUT2D eigenvalue weighted by Crippen LogP contribution is -2.39. The molecule has 0 amide bonds. The van der Waals surface area contributed by atoms with E-state index in [2.05, 4.69) is 31.0 Å². The number of likely N-dealkylation sites (tertiary alicyclic amines) is 1. The molecule has 0 radical (unpaired) electrons. The Labute approximate surface area is 114 Å². The molecule has 2 nitrogen and oxygen atoms in total. The molecule has 0 aromatic rings. The van der Waals surface area contributed by atoms with Crippen molar-refractivity contribution in [1.82, 2.24) is 10.2 Å². The van der Waals surface area contributed by atoms with Gasteiger partial charge in [0.15, 0.2) is 0 Å². The lowest BCUT2D eigenvalue weighted by atomic mass is 9.96. The van der Waals surface area contributed by atoms with Gasteiger partial charge in [-0.25, -0.2) is 0 Å². The van der Waals surface area contributed by atoms with Crippen LogP contribution in [0.5, 0.6) is 0 Å². The molecule has 1 aliphatic heterocycles. The average Bonchev–Trinajstić information content (AvgIpc) is 2.93. The summed E-state index contributed by atoms with van der Waals surface area (Å²) in [4.78, 5) is 2.79. The van der Waals surface area contributed by atoms with Crippen LogP contribution in [0.15, 0.2) is 0 Å². The third-order valence-electron chi connectivity index (χ3n) is 4.64. The van der Waals surface area contributed by atoms with E-state index in [0.717, 1.165) is 18.5 Å². The molecule has 2 fully saturated rings. The maximum absolute atomic E-state index is 3.60. The summed E-state index contributed by atoms with van der Waals surface area (Å²) in [5.74, 6) is 1.03. The van der Waals surface area contributed by atoms with Crippen molar-refractivity contribution in [3.8, 4) is 0 Å². The first kappa shape index (κ1) is 14.3. The highest BCUT2D eigenvalue weighted by Crippen LogP contribution is 2.35. The minimum absolute atomic E-state index is 0.274. The van der Waals surface area contributed by atoms with E-state index in [-0.39, 0.29) is 5.54 Å². The Bertz CT molecular complexity index is 238. The molecule has 18 heavy (non-hydrogen) atoms. The lowest BCUT2D eigenvalue weighted by Gasteiger charge is -2.30. The summed E-state index contributed by atoms with van der Waals surface area (Å²) in [7, 11) is 0. The van der Waals surface area contributed by atoms with Gasteiger partial charge in [-0.15, -0.1) is 0 Å². The van der Waals surface area contributed by atoms with Crippen LogP contribution in [0.4, 0.5) is 0 Å². The molecule has 0 bridgehead atoms. The van der Waals surface area contributed by atoms with Crippen LogP contribution >= 0.6 is 0 Å². The average molecular weight is 252 g/mol. The van der Waals surface area contributed by atoms with Crippen LogP contribution < -0.4 is 5.32 Å². The first-order valence-corrected chi connectivity index (χ1v) is 8.05. The van der Waals surface area contributed by atoms with Gasteiger partial charge in [0.05, 0.1) is 0 Å². The van der Waals surface area contributed by atoms with Gasteiger partial charge in [0, 0.05) is 11.6 Å².